The van der Waals surface area contributed by atoms with Crippen molar-refractivity contribution in [2.24, 2.45) is 5.92 Å². The molecule has 1 heterocycles. The van der Waals surface area contributed by atoms with Gasteiger partial charge in [-0.25, -0.2) is 13.1 Å². The highest BCUT2D eigenvalue weighted by Gasteiger charge is 2.28. The van der Waals surface area contributed by atoms with Gasteiger partial charge in [-0.2, -0.15) is 0 Å². The minimum Gasteiger partial charge on any atom is -0.339 e. The van der Waals surface area contributed by atoms with Crippen molar-refractivity contribution >= 4 is 15.9 Å². The van der Waals surface area contributed by atoms with E-state index < -0.39 is 10.0 Å². The lowest BCUT2D eigenvalue weighted by molar-refractivity contribution is 0.0687. The monoisotopic (exact) mass is 426 g/mol. The highest BCUT2D eigenvalue weighted by atomic mass is 32.2. The number of nitrogens with zero attached hydrogens (tertiary/aromatic N) is 1. The van der Waals surface area contributed by atoms with E-state index in [1.54, 1.807) is 12.1 Å². The van der Waals surface area contributed by atoms with Gasteiger partial charge in [0.05, 0.1) is 4.90 Å². The van der Waals surface area contributed by atoms with Crippen LogP contribution in [0.3, 0.4) is 0 Å². The van der Waals surface area contributed by atoms with E-state index in [-0.39, 0.29) is 16.8 Å². The first kappa shape index (κ1) is 21.1. The Morgan fingerprint density at radius 2 is 1.60 bits per heavy atom. The fourth-order valence-electron chi connectivity index (χ4n) is 4.00. The summed E-state index contributed by atoms with van der Waals surface area (Å²) in [4.78, 5) is 14.9. The number of hydrogen-bond acceptors (Lipinski definition) is 3. The predicted molar refractivity (Wildman–Crippen MR) is 118 cm³/mol. The van der Waals surface area contributed by atoms with Crippen LogP contribution in [0.4, 0.5) is 0 Å². The van der Waals surface area contributed by atoms with Gasteiger partial charge in [-0.1, -0.05) is 29.8 Å². The third kappa shape index (κ3) is 5.29. The van der Waals surface area contributed by atoms with Crippen molar-refractivity contribution in [3.05, 3.63) is 65.2 Å². The maximum atomic E-state index is 12.8. The van der Waals surface area contributed by atoms with Crippen LogP contribution in [0.15, 0.2) is 53.4 Å². The molecule has 160 valence electrons. The molecule has 2 fully saturated rings. The quantitative estimate of drug-likeness (QED) is 0.730. The minimum absolute atomic E-state index is 0.00825. The molecule has 0 radical (unpaired) electrons. The molecule has 1 aliphatic carbocycles. The largest absolute Gasteiger partial charge is 0.339 e. The second-order valence-corrected chi connectivity index (χ2v) is 10.4. The number of likely N-dealkylation sites (tertiary alicyclic amines) is 1. The summed E-state index contributed by atoms with van der Waals surface area (Å²) in [6.07, 6.45) is 6.09. The lowest BCUT2D eigenvalue weighted by Gasteiger charge is -2.32. The van der Waals surface area contributed by atoms with Crippen LogP contribution in [-0.4, -0.2) is 38.4 Å². The topological polar surface area (TPSA) is 66.5 Å². The SMILES string of the molecule is Cc1ccc(CCC2CCN(C(=O)c3ccc(S(=O)(=O)NC4CC4)cc3)CC2)cc1. The van der Waals surface area contributed by atoms with E-state index in [0.29, 0.717) is 11.5 Å². The predicted octanol–water partition coefficient (Wildman–Crippen LogP) is 3.92. The second-order valence-electron chi connectivity index (χ2n) is 8.68. The molecule has 1 saturated carbocycles. The number of amides is 1. The molecule has 1 N–H and O–H groups in total. The van der Waals surface area contributed by atoms with Crippen LogP contribution in [0.1, 0.15) is 53.6 Å². The van der Waals surface area contributed by atoms with E-state index >= 15 is 0 Å². The molecule has 4 rings (SSSR count). The average molecular weight is 427 g/mol. The van der Waals surface area contributed by atoms with Crippen molar-refractivity contribution in [3.8, 4) is 0 Å². The summed E-state index contributed by atoms with van der Waals surface area (Å²) in [5.41, 5.74) is 3.22. The number of rotatable bonds is 7. The molecule has 0 atom stereocenters. The number of hydrogen-bond donors (Lipinski definition) is 1. The molecule has 1 saturated heterocycles. The fourth-order valence-corrected chi connectivity index (χ4v) is 5.30. The van der Waals surface area contributed by atoms with Crippen molar-refractivity contribution < 1.29 is 13.2 Å². The Kier molecular flexibility index (Phi) is 6.25. The van der Waals surface area contributed by atoms with Gasteiger partial charge in [0.1, 0.15) is 0 Å². The first-order valence-corrected chi connectivity index (χ1v) is 12.4. The van der Waals surface area contributed by atoms with Gasteiger partial charge in [-0.15, -0.1) is 0 Å². The zero-order valence-electron chi connectivity index (χ0n) is 17.5. The summed E-state index contributed by atoms with van der Waals surface area (Å²) in [6.45, 7) is 3.63. The van der Waals surface area contributed by atoms with Gasteiger partial charge >= 0.3 is 0 Å². The Morgan fingerprint density at radius 3 is 2.20 bits per heavy atom. The second kappa shape index (κ2) is 8.90. The summed E-state index contributed by atoms with van der Waals surface area (Å²) in [6, 6.07) is 15.1. The van der Waals surface area contributed by atoms with Crippen LogP contribution in [0, 0.1) is 12.8 Å². The molecule has 0 aromatic heterocycles. The van der Waals surface area contributed by atoms with Crippen LogP contribution in [0.5, 0.6) is 0 Å². The van der Waals surface area contributed by atoms with Crippen molar-refractivity contribution in [1.29, 1.82) is 0 Å². The zero-order chi connectivity index (χ0) is 21.1. The van der Waals surface area contributed by atoms with Crippen LogP contribution in [-0.2, 0) is 16.4 Å². The molecule has 6 heteroatoms. The molecule has 2 aliphatic rings. The lowest BCUT2D eigenvalue weighted by Crippen LogP contribution is -2.38. The molecule has 30 heavy (non-hydrogen) atoms. The molecule has 2 aromatic rings. The number of sulfonamides is 1. The number of piperidine rings is 1. The van der Waals surface area contributed by atoms with Crippen molar-refractivity contribution in [3.63, 3.8) is 0 Å². The molecule has 5 nitrogen and oxygen atoms in total. The number of carbonyl (C=O) groups is 1. The molecule has 1 amide bonds. The van der Waals surface area contributed by atoms with Crippen molar-refractivity contribution in [2.45, 2.75) is 56.4 Å². The average Bonchev–Trinajstić information content (AvgIpc) is 3.57. The van der Waals surface area contributed by atoms with Gasteiger partial charge in [0.2, 0.25) is 10.0 Å². The molecule has 1 aliphatic heterocycles. The molecule has 0 unspecified atom stereocenters. The van der Waals surface area contributed by atoms with Gasteiger partial charge in [-0.3, -0.25) is 4.79 Å². The summed E-state index contributed by atoms with van der Waals surface area (Å²) in [5.74, 6) is 0.641. The Balaban J connectivity index is 1.28. The third-order valence-corrected chi connectivity index (χ3v) is 7.71. The molecular formula is C24H30N2O3S. The maximum Gasteiger partial charge on any atom is 0.253 e. The maximum absolute atomic E-state index is 12.8. The van der Waals surface area contributed by atoms with E-state index in [2.05, 4.69) is 35.9 Å². The Labute approximate surface area is 179 Å². The summed E-state index contributed by atoms with van der Waals surface area (Å²) in [7, 11) is -3.48. The standard InChI is InChI=1S/C24H30N2O3S/c1-18-2-4-19(5-3-18)6-7-20-14-16-26(17-15-20)24(27)21-8-12-23(13-9-21)30(28,29)25-22-10-11-22/h2-5,8-9,12-13,20,22,25H,6-7,10-11,14-17H2,1H3. The number of benzene rings is 2. The molecule has 2 aromatic carbocycles. The van der Waals surface area contributed by atoms with E-state index in [9.17, 15) is 13.2 Å². The Bertz CT molecular complexity index is 972. The first-order chi connectivity index (χ1) is 14.4. The number of aryl methyl sites for hydroxylation is 2. The molecule has 0 spiro atoms. The van der Waals surface area contributed by atoms with E-state index in [4.69, 9.17) is 0 Å². The highest BCUT2D eigenvalue weighted by Crippen LogP contribution is 2.25. The van der Waals surface area contributed by atoms with Gasteiger partial charge in [0.15, 0.2) is 0 Å². The minimum atomic E-state index is -3.48. The Hall–Kier alpha value is -2.18. The van der Waals surface area contributed by atoms with E-state index in [1.165, 1.54) is 23.3 Å². The summed E-state index contributed by atoms with van der Waals surface area (Å²) in [5, 5.41) is 0. The number of carbonyl (C=O) groups excluding carboxylic acids is 1. The van der Waals surface area contributed by atoms with Crippen molar-refractivity contribution in [1.82, 2.24) is 9.62 Å². The van der Waals surface area contributed by atoms with E-state index in [1.807, 2.05) is 4.90 Å². The fraction of sp³-hybridized carbons (Fsp3) is 0.458. The normalized spacial score (nSPS) is 17.8. The van der Waals surface area contributed by atoms with E-state index in [0.717, 1.165) is 51.6 Å². The first-order valence-electron chi connectivity index (χ1n) is 10.9. The van der Waals surface area contributed by atoms with Crippen LogP contribution >= 0.6 is 0 Å². The van der Waals surface area contributed by atoms with Gasteiger partial charge < -0.3 is 4.90 Å². The van der Waals surface area contributed by atoms with Gasteiger partial charge in [0, 0.05) is 24.7 Å². The van der Waals surface area contributed by atoms with Crippen molar-refractivity contribution in [2.75, 3.05) is 13.1 Å². The summed E-state index contributed by atoms with van der Waals surface area (Å²) >= 11 is 0. The van der Waals surface area contributed by atoms with Crippen LogP contribution in [0.25, 0.3) is 0 Å². The molecular weight excluding hydrogens is 396 g/mol. The Morgan fingerprint density at radius 1 is 0.967 bits per heavy atom. The van der Waals surface area contributed by atoms with Crippen LogP contribution in [0.2, 0.25) is 0 Å². The zero-order valence-corrected chi connectivity index (χ0v) is 18.3. The van der Waals surface area contributed by atoms with Gasteiger partial charge in [-0.05, 0) is 81.2 Å². The number of nitrogens with one attached hydrogen (secondary N) is 1. The van der Waals surface area contributed by atoms with Gasteiger partial charge in [0.25, 0.3) is 5.91 Å². The van der Waals surface area contributed by atoms with Crippen LogP contribution < -0.4 is 4.72 Å². The lowest BCUT2D eigenvalue weighted by atomic mass is 9.90. The molecule has 0 bridgehead atoms. The smallest absolute Gasteiger partial charge is 0.253 e. The summed E-state index contributed by atoms with van der Waals surface area (Å²) < 4.78 is 27.2. The highest BCUT2D eigenvalue weighted by molar-refractivity contribution is 7.89. The third-order valence-electron chi connectivity index (χ3n) is 6.17.